The van der Waals surface area contributed by atoms with E-state index >= 15 is 0 Å². The fraction of sp³-hybridized carbons (Fsp3) is 0.438. The summed E-state index contributed by atoms with van der Waals surface area (Å²) in [5, 5.41) is 10.8. The number of hydrogen-bond acceptors (Lipinski definition) is 2. The predicted molar refractivity (Wildman–Crippen MR) is 78.9 cm³/mol. The standard InChI is InChI=1S/C16H20N2O2/c1-10-11(2)17-15-13(10)6-3-7-14(15)16(20)18-8-4-5-12(19)9-18/h3,6-7,12,17,19H,4-5,8-9H2,1-2H3/t12-/m0/s1. The van der Waals surface area contributed by atoms with Crippen LogP contribution in [0.25, 0.3) is 10.9 Å². The average Bonchev–Trinajstić information content (AvgIpc) is 2.74. The second kappa shape index (κ2) is 4.94. The zero-order valence-electron chi connectivity index (χ0n) is 11.9. The molecule has 1 saturated heterocycles. The predicted octanol–water partition coefficient (Wildman–Crippen LogP) is 2.38. The maximum Gasteiger partial charge on any atom is 0.256 e. The van der Waals surface area contributed by atoms with Gasteiger partial charge in [0.05, 0.1) is 17.2 Å². The van der Waals surface area contributed by atoms with E-state index < -0.39 is 0 Å². The summed E-state index contributed by atoms with van der Waals surface area (Å²) in [6.45, 7) is 5.25. The van der Waals surface area contributed by atoms with Crippen molar-refractivity contribution < 1.29 is 9.90 Å². The van der Waals surface area contributed by atoms with Gasteiger partial charge in [0.15, 0.2) is 0 Å². The van der Waals surface area contributed by atoms with Crippen LogP contribution in [0, 0.1) is 13.8 Å². The summed E-state index contributed by atoms with van der Waals surface area (Å²) in [5.41, 5.74) is 3.90. The van der Waals surface area contributed by atoms with Crippen LogP contribution >= 0.6 is 0 Å². The van der Waals surface area contributed by atoms with Crippen molar-refractivity contribution in [2.24, 2.45) is 0 Å². The number of aromatic amines is 1. The number of amides is 1. The maximum atomic E-state index is 12.7. The second-order valence-electron chi connectivity index (χ2n) is 5.65. The summed E-state index contributed by atoms with van der Waals surface area (Å²) in [6.07, 6.45) is 1.26. The summed E-state index contributed by atoms with van der Waals surface area (Å²) in [7, 11) is 0. The number of nitrogens with one attached hydrogen (secondary N) is 1. The molecule has 20 heavy (non-hydrogen) atoms. The summed E-state index contributed by atoms with van der Waals surface area (Å²) in [4.78, 5) is 17.7. The van der Waals surface area contributed by atoms with Crippen LogP contribution in [0.1, 0.15) is 34.5 Å². The largest absolute Gasteiger partial charge is 0.391 e. The number of piperidine rings is 1. The first kappa shape index (κ1) is 13.2. The molecule has 1 aromatic heterocycles. The molecular formula is C16H20N2O2. The number of carbonyl (C=O) groups excluding carboxylic acids is 1. The van der Waals surface area contributed by atoms with E-state index in [1.807, 2.05) is 25.1 Å². The number of hydrogen-bond donors (Lipinski definition) is 2. The fourth-order valence-corrected chi connectivity index (χ4v) is 2.97. The monoisotopic (exact) mass is 272 g/mol. The first-order chi connectivity index (χ1) is 9.58. The summed E-state index contributed by atoms with van der Waals surface area (Å²) < 4.78 is 0. The number of aromatic nitrogens is 1. The van der Waals surface area contributed by atoms with Crippen LogP contribution in [0.15, 0.2) is 18.2 Å². The molecule has 0 unspecified atom stereocenters. The Morgan fingerprint density at radius 2 is 2.20 bits per heavy atom. The Morgan fingerprint density at radius 1 is 1.40 bits per heavy atom. The Morgan fingerprint density at radius 3 is 2.95 bits per heavy atom. The number of rotatable bonds is 1. The molecule has 1 fully saturated rings. The van der Waals surface area contributed by atoms with E-state index in [2.05, 4.69) is 11.9 Å². The normalized spacial score (nSPS) is 19.6. The molecule has 106 valence electrons. The third-order valence-corrected chi connectivity index (χ3v) is 4.26. The molecule has 0 radical (unpaired) electrons. The Balaban J connectivity index is 2.01. The van der Waals surface area contributed by atoms with Gasteiger partial charge in [-0.1, -0.05) is 12.1 Å². The van der Waals surface area contributed by atoms with Crippen LogP contribution in [0.2, 0.25) is 0 Å². The molecule has 0 aliphatic carbocycles. The van der Waals surface area contributed by atoms with Gasteiger partial charge in [-0.3, -0.25) is 4.79 Å². The smallest absolute Gasteiger partial charge is 0.256 e. The lowest BCUT2D eigenvalue weighted by atomic mass is 10.0. The molecule has 4 nitrogen and oxygen atoms in total. The fourth-order valence-electron chi connectivity index (χ4n) is 2.97. The van der Waals surface area contributed by atoms with Gasteiger partial charge in [-0.05, 0) is 38.3 Å². The molecule has 0 spiro atoms. The highest BCUT2D eigenvalue weighted by Gasteiger charge is 2.24. The molecule has 4 heteroatoms. The zero-order valence-corrected chi connectivity index (χ0v) is 11.9. The van der Waals surface area contributed by atoms with Gasteiger partial charge in [-0.2, -0.15) is 0 Å². The number of aliphatic hydroxyl groups is 1. The van der Waals surface area contributed by atoms with Crippen LogP contribution in [-0.4, -0.2) is 40.1 Å². The first-order valence-electron chi connectivity index (χ1n) is 7.13. The highest BCUT2D eigenvalue weighted by atomic mass is 16.3. The maximum absolute atomic E-state index is 12.7. The Bertz CT molecular complexity index is 660. The Labute approximate surface area is 118 Å². The lowest BCUT2D eigenvalue weighted by Crippen LogP contribution is -2.42. The summed E-state index contributed by atoms with van der Waals surface area (Å²) >= 11 is 0. The average molecular weight is 272 g/mol. The van der Waals surface area contributed by atoms with Gasteiger partial charge in [0.2, 0.25) is 0 Å². The van der Waals surface area contributed by atoms with Gasteiger partial charge in [-0.15, -0.1) is 0 Å². The molecule has 1 aromatic carbocycles. The van der Waals surface area contributed by atoms with E-state index in [9.17, 15) is 9.90 Å². The number of aryl methyl sites for hydroxylation is 2. The minimum Gasteiger partial charge on any atom is -0.391 e. The molecule has 3 rings (SSSR count). The van der Waals surface area contributed by atoms with E-state index in [0.717, 1.165) is 36.0 Å². The molecule has 1 amide bonds. The van der Waals surface area contributed by atoms with Gasteiger partial charge in [0.25, 0.3) is 5.91 Å². The van der Waals surface area contributed by atoms with Gasteiger partial charge in [-0.25, -0.2) is 0 Å². The van der Waals surface area contributed by atoms with Crippen LogP contribution in [0.5, 0.6) is 0 Å². The number of H-pyrrole nitrogens is 1. The van der Waals surface area contributed by atoms with Crippen molar-refractivity contribution in [3.8, 4) is 0 Å². The van der Waals surface area contributed by atoms with E-state index in [4.69, 9.17) is 0 Å². The topological polar surface area (TPSA) is 56.3 Å². The third-order valence-electron chi connectivity index (χ3n) is 4.26. The van der Waals surface area contributed by atoms with Crippen molar-refractivity contribution in [2.45, 2.75) is 32.8 Å². The number of β-amino-alcohol motifs (C(OH)–C–C–N with tert-alkyl or cyclic N) is 1. The number of para-hydroxylation sites is 1. The molecule has 1 aliphatic heterocycles. The number of fused-ring (bicyclic) bond motifs is 1. The van der Waals surface area contributed by atoms with Gasteiger partial charge in [0.1, 0.15) is 0 Å². The number of nitrogens with zero attached hydrogens (tertiary/aromatic N) is 1. The molecule has 1 aliphatic rings. The van der Waals surface area contributed by atoms with Gasteiger partial charge < -0.3 is 15.0 Å². The zero-order chi connectivity index (χ0) is 14.3. The number of likely N-dealkylation sites (tertiary alicyclic amines) is 1. The van der Waals surface area contributed by atoms with Crippen molar-refractivity contribution in [2.75, 3.05) is 13.1 Å². The van der Waals surface area contributed by atoms with Crippen LogP contribution < -0.4 is 0 Å². The lowest BCUT2D eigenvalue weighted by molar-refractivity contribution is 0.0475. The number of benzene rings is 1. The summed E-state index contributed by atoms with van der Waals surface area (Å²) in [5.74, 6) is 0.00981. The SMILES string of the molecule is Cc1[nH]c2c(C(=O)N3CCC[C@H](O)C3)cccc2c1C. The van der Waals surface area contributed by atoms with Crippen molar-refractivity contribution in [3.05, 3.63) is 35.0 Å². The number of aliphatic hydroxyl groups excluding tert-OH is 1. The van der Waals surface area contributed by atoms with E-state index in [-0.39, 0.29) is 12.0 Å². The van der Waals surface area contributed by atoms with E-state index in [1.54, 1.807) is 4.90 Å². The van der Waals surface area contributed by atoms with Crippen molar-refractivity contribution in [1.82, 2.24) is 9.88 Å². The minimum absolute atomic E-state index is 0.00981. The van der Waals surface area contributed by atoms with Crippen molar-refractivity contribution in [3.63, 3.8) is 0 Å². The van der Waals surface area contributed by atoms with Gasteiger partial charge in [0, 0.05) is 24.2 Å². The first-order valence-corrected chi connectivity index (χ1v) is 7.13. The number of carbonyl (C=O) groups is 1. The van der Waals surface area contributed by atoms with Crippen molar-refractivity contribution >= 4 is 16.8 Å². The van der Waals surface area contributed by atoms with Crippen LogP contribution in [0.4, 0.5) is 0 Å². The van der Waals surface area contributed by atoms with Crippen molar-refractivity contribution in [1.29, 1.82) is 0 Å². The lowest BCUT2D eigenvalue weighted by Gasteiger charge is -2.30. The summed E-state index contributed by atoms with van der Waals surface area (Å²) in [6, 6.07) is 5.83. The molecule has 2 aromatic rings. The van der Waals surface area contributed by atoms with Gasteiger partial charge >= 0.3 is 0 Å². The van der Waals surface area contributed by atoms with E-state index in [0.29, 0.717) is 12.1 Å². The highest BCUT2D eigenvalue weighted by molar-refractivity contribution is 6.06. The molecule has 0 bridgehead atoms. The molecule has 2 heterocycles. The van der Waals surface area contributed by atoms with Crippen LogP contribution in [-0.2, 0) is 0 Å². The minimum atomic E-state index is -0.390. The Kier molecular flexibility index (Phi) is 3.26. The Hall–Kier alpha value is -1.81. The quantitative estimate of drug-likeness (QED) is 0.837. The highest BCUT2D eigenvalue weighted by Crippen LogP contribution is 2.25. The molecule has 2 N–H and O–H groups in total. The molecular weight excluding hydrogens is 252 g/mol. The molecule has 1 atom stereocenters. The molecule has 0 saturated carbocycles. The van der Waals surface area contributed by atoms with E-state index in [1.165, 1.54) is 5.56 Å². The third kappa shape index (κ3) is 2.10. The second-order valence-corrected chi connectivity index (χ2v) is 5.65. The van der Waals surface area contributed by atoms with Crippen LogP contribution in [0.3, 0.4) is 0 Å².